The molecule has 0 aromatic heterocycles. The Morgan fingerprint density at radius 2 is 2.37 bits per heavy atom. The first-order valence-corrected chi connectivity index (χ1v) is 7.07. The van der Waals surface area contributed by atoms with E-state index in [-0.39, 0.29) is 10.8 Å². The lowest BCUT2D eigenvalue weighted by Crippen LogP contribution is -2.33. The van der Waals surface area contributed by atoms with Crippen LogP contribution in [0.5, 0.6) is 0 Å². The minimum Gasteiger partial charge on any atom is -0.359 e. The van der Waals surface area contributed by atoms with Crippen molar-refractivity contribution in [2.45, 2.75) is 32.1 Å². The second-order valence-electron chi connectivity index (χ2n) is 6.49. The molecule has 3 unspecified atom stereocenters. The van der Waals surface area contributed by atoms with Gasteiger partial charge in [0.1, 0.15) is 6.79 Å². The highest BCUT2D eigenvalue weighted by molar-refractivity contribution is 5.97. The van der Waals surface area contributed by atoms with E-state index in [1.165, 1.54) is 5.57 Å². The quantitative estimate of drug-likeness (QED) is 0.434. The van der Waals surface area contributed by atoms with Crippen LogP contribution in [-0.2, 0) is 14.3 Å². The molecule has 3 heteroatoms. The van der Waals surface area contributed by atoms with Gasteiger partial charge in [0.15, 0.2) is 5.78 Å². The third kappa shape index (κ3) is 2.00. The van der Waals surface area contributed by atoms with Crippen molar-refractivity contribution in [3.63, 3.8) is 0 Å². The predicted molar refractivity (Wildman–Crippen MR) is 72.6 cm³/mol. The zero-order valence-corrected chi connectivity index (χ0v) is 11.6. The van der Waals surface area contributed by atoms with Crippen LogP contribution in [0.4, 0.5) is 0 Å². The van der Waals surface area contributed by atoms with Gasteiger partial charge in [0, 0.05) is 12.5 Å². The molecular formula is C16H22O3. The molecule has 3 aliphatic carbocycles. The lowest BCUT2D eigenvalue weighted by molar-refractivity contribution is -0.125. The first-order valence-electron chi connectivity index (χ1n) is 7.07. The average Bonchev–Trinajstić information content (AvgIpc) is 2.79. The summed E-state index contributed by atoms with van der Waals surface area (Å²) in [5.41, 5.74) is 1.32. The molecule has 2 fully saturated rings. The SMILES string of the molecule is C=C1CC2CC3(CCOCOC)C=CC(=O)C2(C1)C3. The maximum Gasteiger partial charge on any atom is 0.162 e. The van der Waals surface area contributed by atoms with Crippen molar-refractivity contribution in [2.75, 3.05) is 20.5 Å². The highest BCUT2D eigenvalue weighted by atomic mass is 16.7. The van der Waals surface area contributed by atoms with E-state index in [0.717, 1.165) is 32.1 Å². The summed E-state index contributed by atoms with van der Waals surface area (Å²) in [7, 11) is 1.64. The molecule has 0 aromatic rings. The Kier molecular flexibility index (Phi) is 3.14. The van der Waals surface area contributed by atoms with Crippen LogP contribution in [0.15, 0.2) is 24.3 Å². The minimum atomic E-state index is -0.118. The molecule has 3 atom stereocenters. The summed E-state index contributed by atoms with van der Waals surface area (Å²) in [6.45, 7) is 5.16. The molecule has 0 amide bonds. The first-order chi connectivity index (χ1) is 9.10. The molecular weight excluding hydrogens is 240 g/mol. The number of hydrogen-bond acceptors (Lipinski definition) is 3. The normalized spacial score (nSPS) is 39.9. The Bertz CT molecular complexity index is 439. The van der Waals surface area contributed by atoms with Crippen LogP contribution in [0.3, 0.4) is 0 Å². The lowest BCUT2D eigenvalue weighted by Gasteiger charge is -2.33. The molecule has 3 rings (SSSR count). The number of methoxy groups -OCH3 is 1. The summed E-state index contributed by atoms with van der Waals surface area (Å²) < 4.78 is 10.3. The summed E-state index contributed by atoms with van der Waals surface area (Å²) in [6.07, 6.45) is 9.02. The van der Waals surface area contributed by atoms with Crippen LogP contribution in [0, 0.1) is 16.7 Å². The van der Waals surface area contributed by atoms with E-state index in [9.17, 15) is 4.79 Å². The monoisotopic (exact) mass is 262 g/mol. The summed E-state index contributed by atoms with van der Waals surface area (Å²) >= 11 is 0. The van der Waals surface area contributed by atoms with E-state index in [2.05, 4.69) is 12.7 Å². The summed E-state index contributed by atoms with van der Waals surface area (Å²) in [4.78, 5) is 12.3. The highest BCUT2D eigenvalue weighted by Gasteiger charge is 2.61. The van der Waals surface area contributed by atoms with Crippen LogP contribution in [0.25, 0.3) is 0 Å². The largest absolute Gasteiger partial charge is 0.359 e. The van der Waals surface area contributed by atoms with Gasteiger partial charge in [-0.05, 0) is 49.5 Å². The molecule has 0 N–H and O–H groups in total. The fraction of sp³-hybridized carbons (Fsp3) is 0.688. The van der Waals surface area contributed by atoms with Gasteiger partial charge in [-0.2, -0.15) is 0 Å². The van der Waals surface area contributed by atoms with Crippen LogP contribution in [0.1, 0.15) is 32.1 Å². The number of allylic oxidation sites excluding steroid dienone is 3. The fourth-order valence-electron chi connectivity index (χ4n) is 4.48. The van der Waals surface area contributed by atoms with Gasteiger partial charge in [-0.15, -0.1) is 0 Å². The Labute approximate surface area is 114 Å². The average molecular weight is 262 g/mol. The molecule has 19 heavy (non-hydrogen) atoms. The van der Waals surface area contributed by atoms with Crippen molar-refractivity contribution >= 4 is 5.78 Å². The van der Waals surface area contributed by atoms with Crippen molar-refractivity contribution in [3.8, 4) is 0 Å². The number of carbonyl (C=O) groups excluding carboxylic acids is 1. The number of ketones is 1. The second-order valence-corrected chi connectivity index (χ2v) is 6.49. The van der Waals surface area contributed by atoms with E-state index in [4.69, 9.17) is 9.47 Å². The van der Waals surface area contributed by atoms with Gasteiger partial charge in [0.25, 0.3) is 0 Å². The molecule has 2 bridgehead atoms. The van der Waals surface area contributed by atoms with E-state index >= 15 is 0 Å². The van der Waals surface area contributed by atoms with Gasteiger partial charge < -0.3 is 9.47 Å². The Morgan fingerprint density at radius 1 is 1.53 bits per heavy atom. The molecule has 0 heterocycles. The van der Waals surface area contributed by atoms with Gasteiger partial charge in [0.05, 0.1) is 6.61 Å². The third-order valence-corrected chi connectivity index (χ3v) is 5.23. The van der Waals surface area contributed by atoms with Crippen molar-refractivity contribution < 1.29 is 14.3 Å². The van der Waals surface area contributed by atoms with Gasteiger partial charge >= 0.3 is 0 Å². The molecule has 3 aliphatic rings. The van der Waals surface area contributed by atoms with E-state index in [1.54, 1.807) is 7.11 Å². The second kappa shape index (κ2) is 4.57. The topological polar surface area (TPSA) is 35.5 Å². The van der Waals surface area contributed by atoms with Gasteiger partial charge in [-0.1, -0.05) is 18.2 Å². The molecule has 2 saturated carbocycles. The number of carbonyl (C=O) groups is 1. The summed E-state index contributed by atoms with van der Waals surface area (Å²) in [6, 6.07) is 0. The maximum absolute atomic E-state index is 12.3. The van der Waals surface area contributed by atoms with Crippen LogP contribution < -0.4 is 0 Å². The van der Waals surface area contributed by atoms with Crippen molar-refractivity contribution in [1.29, 1.82) is 0 Å². The lowest BCUT2D eigenvalue weighted by atomic mass is 9.69. The molecule has 0 aliphatic heterocycles. The molecule has 1 spiro atoms. The Balaban J connectivity index is 1.74. The highest BCUT2D eigenvalue weighted by Crippen LogP contribution is 2.65. The minimum absolute atomic E-state index is 0.118. The van der Waals surface area contributed by atoms with Gasteiger partial charge in [0.2, 0.25) is 0 Å². The van der Waals surface area contributed by atoms with E-state index < -0.39 is 0 Å². The van der Waals surface area contributed by atoms with E-state index in [1.807, 2.05) is 6.08 Å². The Morgan fingerprint density at radius 3 is 3.16 bits per heavy atom. The molecule has 0 saturated heterocycles. The fourth-order valence-corrected chi connectivity index (χ4v) is 4.48. The molecule has 0 aromatic carbocycles. The van der Waals surface area contributed by atoms with Crippen LogP contribution >= 0.6 is 0 Å². The van der Waals surface area contributed by atoms with Crippen molar-refractivity contribution in [1.82, 2.24) is 0 Å². The van der Waals surface area contributed by atoms with Gasteiger partial charge in [-0.25, -0.2) is 0 Å². The molecule has 0 radical (unpaired) electrons. The zero-order valence-electron chi connectivity index (χ0n) is 11.6. The Hall–Kier alpha value is -0.930. The number of fused-ring (bicyclic) bond motifs is 1. The molecule has 3 nitrogen and oxygen atoms in total. The molecule has 104 valence electrons. The van der Waals surface area contributed by atoms with Crippen molar-refractivity contribution in [3.05, 3.63) is 24.3 Å². The number of hydrogen-bond donors (Lipinski definition) is 0. The predicted octanol–water partition coefficient (Wildman–Crippen LogP) is 2.87. The summed E-state index contributed by atoms with van der Waals surface area (Å²) in [5.74, 6) is 0.840. The third-order valence-electron chi connectivity index (χ3n) is 5.23. The summed E-state index contributed by atoms with van der Waals surface area (Å²) in [5, 5.41) is 0. The van der Waals surface area contributed by atoms with Crippen LogP contribution in [-0.4, -0.2) is 26.3 Å². The smallest absolute Gasteiger partial charge is 0.162 e. The van der Waals surface area contributed by atoms with E-state index in [0.29, 0.717) is 25.1 Å². The standard InChI is InChI=1S/C16H22O3/c1-12-7-13-9-15(5-6-19-11-18-2)4-3-14(17)16(13,8-12)10-15/h3-4,13H,1,5-11H2,2H3. The zero-order chi connectivity index (χ0) is 13.5. The number of ether oxygens (including phenoxy) is 2. The first kappa shape index (κ1) is 13.1. The van der Waals surface area contributed by atoms with Crippen LogP contribution in [0.2, 0.25) is 0 Å². The van der Waals surface area contributed by atoms with Crippen molar-refractivity contribution in [2.24, 2.45) is 16.7 Å². The number of rotatable bonds is 5. The maximum atomic E-state index is 12.3. The van der Waals surface area contributed by atoms with Gasteiger partial charge in [-0.3, -0.25) is 4.79 Å².